The minimum Gasteiger partial charge on any atom is -0.493 e. The number of rotatable bonds is 8. The number of anilines is 1. The Labute approximate surface area is 225 Å². The molecule has 0 radical (unpaired) electrons. The number of methoxy groups -OCH3 is 2. The zero-order chi connectivity index (χ0) is 25.9. The van der Waals surface area contributed by atoms with E-state index in [2.05, 4.69) is 15.0 Å². The fraction of sp³-hybridized carbons (Fsp3) is 0.179. The highest BCUT2D eigenvalue weighted by Crippen LogP contribution is 2.37. The van der Waals surface area contributed by atoms with Crippen molar-refractivity contribution in [1.29, 1.82) is 0 Å². The van der Waals surface area contributed by atoms with Crippen LogP contribution in [-0.4, -0.2) is 41.8 Å². The zero-order valence-corrected chi connectivity index (χ0v) is 21.7. The van der Waals surface area contributed by atoms with Crippen molar-refractivity contribution >= 4 is 39.9 Å². The Balaban J connectivity index is 0.00000336. The van der Waals surface area contributed by atoms with Gasteiger partial charge in [-0.25, -0.2) is 9.37 Å². The van der Waals surface area contributed by atoms with Crippen LogP contribution >= 0.6 is 12.4 Å². The minimum atomic E-state index is -0.275. The van der Waals surface area contributed by atoms with Gasteiger partial charge in [0.15, 0.2) is 11.5 Å². The van der Waals surface area contributed by atoms with Crippen LogP contribution in [-0.2, 0) is 6.42 Å². The smallest absolute Gasteiger partial charge is 0.162 e. The van der Waals surface area contributed by atoms with Crippen molar-refractivity contribution < 1.29 is 18.6 Å². The highest BCUT2D eigenvalue weighted by Gasteiger charge is 2.14. The van der Waals surface area contributed by atoms with Crippen molar-refractivity contribution in [2.24, 2.45) is 5.73 Å². The van der Waals surface area contributed by atoms with E-state index in [0.717, 1.165) is 32.8 Å². The number of pyridine rings is 3. The molecule has 0 bridgehead atoms. The first-order chi connectivity index (χ1) is 17.9. The third kappa shape index (κ3) is 5.53. The van der Waals surface area contributed by atoms with Crippen LogP contribution in [0.4, 0.5) is 10.2 Å². The number of benzene rings is 2. The predicted molar refractivity (Wildman–Crippen MR) is 149 cm³/mol. The first-order valence-corrected chi connectivity index (χ1v) is 11.6. The van der Waals surface area contributed by atoms with Crippen molar-refractivity contribution in [3.05, 3.63) is 78.5 Å². The fourth-order valence-electron chi connectivity index (χ4n) is 4.23. The number of aromatic nitrogens is 3. The van der Waals surface area contributed by atoms with E-state index in [1.165, 1.54) is 12.1 Å². The quantitative estimate of drug-likeness (QED) is 0.268. The van der Waals surface area contributed by atoms with Gasteiger partial charge in [-0.3, -0.25) is 9.97 Å². The molecule has 3 aromatic heterocycles. The monoisotopic (exact) mass is 535 g/mol. The Bertz CT molecular complexity index is 1580. The van der Waals surface area contributed by atoms with E-state index in [1.807, 2.05) is 24.3 Å². The molecule has 0 unspecified atom stereocenters. The molecule has 196 valence electrons. The first-order valence-electron chi connectivity index (χ1n) is 11.6. The summed E-state index contributed by atoms with van der Waals surface area (Å²) in [5.74, 6) is 1.82. The molecule has 5 rings (SSSR count). The van der Waals surface area contributed by atoms with Crippen LogP contribution in [0, 0.1) is 5.82 Å². The number of nitrogen functional groups attached to an aromatic ring is 1. The largest absolute Gasteiger partial charge is 0.493 e. The second-order valence-electron chi connectivity index (χ2n) is 8.65. The summed E-state index contributed by atoms with van der Waals surface area (Å²) in [6, 6.07) is 13.5. The Kier molecular flexibility index (Phi) is 8.09. The van der Waals surface area contributed by atoms with E-state index in [0.29, 0.717) is 35.2 Å². The van der Waals surface area contributed by atoms with E-state index in [1.54, 1.807) is 44.9 Å². The van der Waals surface area contributed by atoms with Gasteiger partial charge in [-0.15, -0.1) is 12.4 Å². The summed E-state index contributed by atoms with van der Waals surface area (Å²) in [5, 5.41) is 2.47. The maximum atomic E-state index is 13.1. The average molecular weight is 536 g/mol. The SMILES string of the molecule is COc1cc2ncc3c(N)nc(-c4cncc(OC[C@H](N)Cc5ccc(F)cc5)c4)cc3c2cc1OC.Cl. The third-order valence-electron chi connectivity index (χ3n) is 6.10. The molecular formula is C28H27ClFN5O3. The molecule has 5 aromatic rings. The molecule has 8 nitrogen and oxygen atoms in total. The number of halogens is 2. The van der Waals surface area contributed by atoms with Crippen molar-refractivity contribution in [3.8, 4) is 28.5 Å². The maximum Gasteiger partial charge on any atom is 0.162 e. The Hall–Kier alpha value is -4.21. The topological polar surface area (TPSA) is 118 Å². The lowest BCUT2D eigenvalue weighted by Crippen LogP contribution is -2.30. The second kappa shape index (κ2) is 11.5. The van der Waals surface area contributed by atoms with E-state index < -0.39 is 0 Å². The van der Waals surface area contributed by atoms with Gasteiger partial charge >= 0.3 is 0 Å². The summed E-state index contributed by atoms with van der Waals surface area (Å²) >= 11 is 0. The molecule has 0 amide bonds. The van der Waals surface area contributed by atoms with Gasteiger partial charge < -0.3 is 25.7 Å². The Morgan fingerprint density at radius 1 is 0.895 bits per heavy atom. The Morgan fingerprint density at radius 3 is 2.37 bits per heavy atom. The lowest BCUT2D eigenvalue weighted by Gasteiger charge is -2.14. The Morgan fingerprint density at radius 2 is 1.63 bits per heavy atom. The van der Waals surface area contributed by atoms with Crippen LogP contribution in [0.3, 0.4) is 0 Å². The number of nitrogens with zero attached hydrogens (tertiary/aromatic N) is 3. The van der Waals surface area contributed by atoms with Gasteiger partial charge in [-0.05, 0) is 47.7 Å². The summed E-state index contributed by atoms with van der Waals surface area (Å²) in [6.07, 6.45) is 5.59. The summed E-state index contributed by atoms with van der Waals surface area (Å²) in [7, 11) is 3.18. The van der Waals surface area contributed by atoms with Crippen LogP contribution in [0.2, 0.25) is 0 Å². The highest BCUT2D eigenvalue weighted by molar-refractivity contribution is 6.10. The number of hydrogen-bond donors (Lipinski definition) is 2. The lowest BCUT2D eigenvalue weighted by molar-refractivity contribution is 0.286. The highest BCUT2D eigenvalue weighted by atomic mass is 35.5. The van der Waals surface area contributed by atoms with Crippen LogP contribution in [0.25, 0.3) is 32.9 Å². The third-order valence-corrected chi connectivity index (χ3v) is 6.10. The van der Waals surface area contributed by atoms with Gasteiger partial charge in [0, 0.05) is 40.8 Å². The number of ether oxygens (including phenoxy) is 3. The van der Waals surface area contributed by atoms with Crippen molar-refractivity contribution in [2.75, 3.05) is 26.6 Å². The first kappa shape index (κ1) is 26.8. The molecule has 0 aliphatic carbocycles. The number of hydrogen-bond acceptors (Lipinski definition) is 8. The molecule has 1 atom stereocenters. The molecule has 0 spiro atoms. The van der Waals surface area contributed by atoms with Crippen molar-refractivity contribution in [1.82, 2.24) is 15.0 Å². The normalized spacial score (nSPS) is 11.7. The molecule has 0 aliphatic rings. The number of nitrogens with two attached hydrogens (primary N) is 2. The predicted octanol–water partition coefficient (Wildman–Crippen LogP) is 4.95. The standard InChI is InChI=1S/C28H26FN5O3.ClH/c1-35-26-10-22-21-9-24(34-28(31)23(21)14-33-25(22)11-27(26)36-2)17-8-20(13-32-12-17)37-15-19(30)7-16-3-5-18(29)6-4-16;/h3-6,8-14,19H,7,15,30H2,1-2H3,(H2,31,34);1H/t19-;/m1./s1. The summed E-state index contributed by atoms with van der Waals surface area (Å²) in [5.41, 5.74) is 15.6. The molecule has 10 heteroatoms. The van der Waals surface area contributed by atoms with Gasteiger partial charge in [0.05, 0.1) is 31.6 Å². The molecule has 0 aliphatic heterocycles. The average Bonchev–Trinajstić information content (AvgIpc) is 2.92. The summed E-state index contributed by atoms with van der Waals surface area (Å²) < 4.78 is 29.9. The van der Waals surface area contributed by atoms with Gasteiger partial charge in [-0.1, -0.05) is 12.1 Å². The van der Waals surface area contributed by atoms with E-state index in [9.17, 15) is 4.39 Å². The molecule has 0 saturated carbocycles. The molecule has 0 saturated heterocycles. The van der Waals surface area contributed by atoms with Gasteiger partial charge in [0.25, 0.3) is 0 Å². The van der Waals surface area contributed by atoms with Crippen molar-refractivity contribution in [2.45, 2.75) is 12.5 Å². The van der Waals surface area contributed by atoms with Gasteiger partial charge in [0.1, 0.15) is 24.0 Å². The molecule has 4 N–H and O–H groups in total. The van der Waals surface area contributed by atoms with E-state index in [4.69, 9.17) is 25.7 Å². The molecule has 0 fully saturated rings. The molecule has 3 heterocycles. The van der Waals surface area contributed by atoms with Gasteiger partial charge in [0.2, 0.25) is 0 Å². The molecular weight excluding hydrogens is 509 g/mol. The summed E-state index contributed by atoms with van der Waals surface area (Å²) in [6.45, 7) is 0.272. The molecule has 2 aromatic carbocycles. The maximum absolute atomic E-state index is 13.1. The van der Waals surface area contributed by atoms with Crippen LogP contribution in [0.5, 0.6) is 17.2 Å². The minimum absolute atomic E-state index is 0. The van der Waals surface area contributed by atoms with Gasteiger partial charge in [-0.2, -0.15) is 0 Å². The van der Waals surface area contributed by atoms with Crippen LogP contribution in [0.1, 0.15) is 5.56 Å². The fourth-order valence-corrected chi connectivity index (χ4v) is 4.23. The van der Waals surface area contributed by atoms with Crippen molar-refractivity contribution in [3.63, 3.8) is 0 Å². The molecule has 38 heavy (non-hydrogen) atoms. The zero-order valence-electron chi connectivity index (χ0n) is 20.8. The van der Waals surface area contributed by atoms with E-state index >= 15 is 0 Å². The lowest BCUT2D eigenvalue weighted by atomic mass is 10.0. The summed E-state index contributed by atoms with van der Waals surface area (Å²) in [4.78, 5) is 13.4. The van der Waals surface area contributed by atoms with Crippen LogP contribution in [0.15, 0.2) is 67.1 Å². The van der Waals surface area contributed by atoms with Crippen LogP contribution < -0.4 is 25.7 Å². The number of fused-ring (bicyclic) bond motifs is 3. The second-order valence-corrected chi connectivity index (χ2v) is 8.65. The van der Waals surface area contributed by atoms with E-state index in [-0.39, 0.29) is 30.9 Å².